The lowest BCUT2D eigenvalue weighted by atomic mass is 10.1. The number of aromatic nitrogens is 1. The number of fused-ring (bicyclic) bond motifs is 1. The first-order valence-corrected chi connectivity index (χ1v) is 10.5. The summed E-state index contributed by atoms with van der Waals surface area (Å²) >= 11 is 18.6. The van der Waals surface area contributed by atoms with Crippen molar-refractivity contribution >= 4 is 56.9 Å². The normalized spacial score (nSPS) is 10.7. The molecule has 0 bridgehead atoms. The van der Waals surface area contributed by atoms with Crippen molar-refractivity contribution < 1.29 is 4.74 Å². The van der Waals surface area contributed by atoms with Crippen LogP contribution < -0.4 is 10.1 Å². The van der Waals surface area contributed by atoms with Gasteiger partial charge in [0, 0.05) is 40.2 Å². The van der Waals surface area contributed by atoms with Crippen LogP contribution in [-0.4, -0.2) is 9.97 Å². The monoisotopic (exact) mass is 452 g/mol. The molecule has 0 saturated carbocycles. The fraction of sp³-hybridized carbons (Fsp3) is 0.0833. The van der Waals surface area contributed by atoms with E-state index in [2.05, 4.69) is 10.3 Å². The molecular weight excluding hydrogens is 435 g/mol. The first kappa shape index (κ1) is 20.6. The zero-order valence-corrected chi connectivity index (χ0v) is 18.3. The van der Waals surface area contributed by atoms with Crippen LogP contribution in [0.5, 0.6) is 5.75 Å². The Kier molecular flexibility index (Phi) is 6.48. The van der Waals surface area contributed by atoms with Gasteiger partial charge in [-0.05, 0) is 29.8 Å². The standard InChI is InChI=1S/C24H18Cl2N2OS/c25-20-9-10-21(28-23(30)13-16-5-2-1-3-6-16)24(26)19(20)15-29-22-8-4-7-17-14-27-12-11-18(17)22/h1-12,14H,13,15H2,(H,28,30). The van der Waals surface area contributed by atoms with Gasteiger partial charge in [0.05, 0.1) is 15.7 Å². The van der Waals surface area contributed by atoms with Crippen LogP contribution in [0.15, 0.2) is 79.1 Å². The second kappa shape index (κ2) is 9.43. The highest BCUT2D eigenvalue weighted by Crippen LogP contribution is 2.34. The highest BCUT2D eigenvalue weighted by atomic mass is 35.5. The highest BCUT2D eigenvalue weighted by molar-refractivity contribution is 7.80. The van der Waals surface area contributed by atoms with Gasteiger partial charge in [-0.15, -0.1) is 0 Å². The molecule has 30 heavy (non-hydrogen) atoms. The molecule has 6 heteroatoms. The van der Waals surface area contributed by atoms with Gasteiger partial charge in [-0.1, -0.05) is 77.9 Å². The molecule has 0 unspecified atom stereocenters. The van der Waals surface area contributed by atoms with Crippen molar-refractivity contribution in [1.82, 2.24) is 4.98 Å². The average Bonchev–Trinajstić information content (AvgIpc) is 2.76. The molecule has 0 fully saturated rings. The molecule has 150 valence electrons. The van der Waals surface area contributed by atoms with Crippen molar-refractivity contribution in [3.8, 4) is 5.75 Å². The van der Waals surface area contributed by atoms with E-state index in [9.17, 15) is 0 Å². The van der Waals surface area contributed by atoms with Crippen LogP contribution in [0.1, 0.15) is 11.1 Å². The molecule has 1 N–H and O–H groups in total. The number of nitrogens with one attached hydrogen (secondary N) is 1. The first-order valence-electron chi connectivity index (χ1n) is 9.38. The molecule has 4 rings (SSSR count). The van der Waals surface area contributed by atoms with Crippen molar-refractivity contribution in [3.05, 3.63) is 100 Å². The molecule has 0 amide bonds. The average molecular weight is 453 g/mol. The minimum Gasteiger partial charge on any atom is -0.488 e. The summed E-state index contributed by atoms with van der Waals surface area (Å²) in [7, 11) is 0. The molecule has 0 spiro atoms. The third-order valence-corrected chi connectivity index (χ3v) is 5.71. The van der Waals surface area contributed by atoms with Crippen LogP contribution in [0.25, 0.3) is 10.8 Å². The van der Waals surface area contributed by atoms with Gasteiger partial charge in [-0.3, -0.25) is 4.98 Å². The summed E-state index contributed by atoms with van der Waals surface area (Å²) in [5.41, 5.74) is 2.55. The van der Waals surface area contributed by atoms with Gasteiger partial charge in [0.1, 0.15) is 12.4 Å². The number of rotatable bonds is 6. The number of benzene rings is 3. The van der Waals surface area contributed by atoms with Gasteiger partial charge in [0.25, 0.3) is 0 Å². The molecule has 0 aliphatic carbocycles. The second-order valence-corrected chi connectivity index (χ2v) is 8.02. The van der Waals surface area contributed by atoms with Gasteiger partial charge >= 0.3 is 0 Å². The van der Waals surface area contributed by atoms with Crippen LogP contribution in [0.4, 0.5) is 5.69 Å². The van der Waals surface area contributed by atoms with Crippen LogP contribution in [-0.2, 0) is 13.0 Å². The van der Waals surface area contributed by atoms with Crippen molar-refractivity contribution in [1.29, 1.82) is 0 Å². The van der Waals surface area contributed by atoms with Crippen molar-refractivity contribution in [2.75, 3.05) is 5.32 Å². The number of hydrogen-bond acceptors (Lipinski definition) is 3. The van der Waals surface area contributed by atoms with Crippen LogP contribution in [0.3, 0.4) is 0 Å². The molecule has 3 aromatic carbocycles. The van der Waals surface area contributed by atoms with E-state index in [0.29, 0.717) is 32.7 Å². The SMILES string of the molecule is S=C(Cc1ccccc1)Nc1ccc(Cl)c(COc2cccc3cnccc23)c1Cl. The molecule has 1 heterocycles. The predicted molar refractivity (Wildman–Crippen MR) is 129 cm³/mol. The van der Waals surface area contributed by atoms with Crippen LogP contribution in [0.2, 0.25) is 10.0 Å². The Morgan fingerprint density at radius 3 is 2.63 bits per heavy atom. The number of thiocarbonyl (C=S) groups is 1. The van der Waals surface area contributed by atoms with E-state index >= 15 is 0 Å². The summed E-state index contributed by atoms with van der Waals surface area (Å²) in [5.74, 6) is 0.750. The molecule has 0 saturated heterocycles. The second-order valence-electron chi connectivity index (χ2n) is 6.74. The third-order valence-electron chi connectivity index (χ3n) is 4.68. The highest BCUT2D eigenvalue weighted by Gasteiger charge is 2.13. The Balaban J connectivity index is 1.52. The maximum atomic E-state index is 6.65. The summed E-state index contributed by atoms with van der Waals surface area (Å²) in [6.45, 7) is 0.236. The Labute approximate surface area is 190 Å². The third kappa shape index (κ3) is 4.73. The molecular formula is C24H18Cl2N2OS. The largest absolute Gasteiger partial charge is 0.488 e. The predicted octanol–water partition coefficient (Wildman–Crippen LogP) is 7.10. The topological polar surface area (TPSA) is 34.1 Å². The zero-order chi connectivity index (χ0) is 20.9. The number of nitrogens with zero attached hydrogens (tertiary/aromatic N) is 1. The molecule has 0 aliphatic rings. The first-order chi connectivity index (χ1) is 14.6. The Morgan fingerprint density at radius 1 is 0.967 bits per heavy atom. The Bertz CT molecular complexity index is 1190. The van der Waals surface area contributed by atoms with E-state index in [4.69, 9.17) is 40.2 Å². The lowest BCUT2D eigenvalue weighted by Gasteiger charge is -2.15. The van der Waals surface area contributed by atoms with Crippen molar-refractivity contribution in [2.24, 2.45) is 0 Å². The number of ether oxygens (including phenoxy) is 1. The van der Waals surface area contributed by atoms with Crippen molar-refractivity contribution in [2.45, 2.75) is 13.0 Å². The summed E-state index contributed by atoms with van der Waals surface area (Å²) in [6, 6.07) is 21.4. The maximum Gasteiger partial charge on any atom is 0.127 e. The van der Waals surface area contributed by atoms with Gasteiger partial charge in [-0.2, -0.15) is 0 Å². The van der Waals surface area contributed by atoms with E-state index in [0.717, 1.165) is 22.1 Å². The summed E-state index contributed by atoms with van der Waals surface area (Å²) in [4.78, 5) is 4.83. The Morgan fingerprint density at radius 2 is 1.80 bits per heavy atom. The van der Waals surface area contributed by atoms with E-state index in [1.165, 1.54) is 0 Å². The smallest absolute Gasteiger partial charge is 0.127 e. The lowest BCUT2D eigenvalue weighted by molar-refractivity contribution is 0.310. The quantitative estimate of drug-likeness (QED) is 0.316. The van der Waals surface area contributed by atoms with E-state index < -0.39 is 0 Å². The number of anilines is 1. The fourth-order valence-electron chi connectivity index (χ4n) is 3.17. The van der Waals surface area contributed by atoms with Gasteiger partial charge < -0.3 is 10.1 Å². The van der Waals surface area contributed by atoms with E-state index in [1.807, 2.05) is 60.7 Å². The molecule has 0 radical (unpaired) electrons. The van der Waals surface area contributed by atoms with Crippen molar-refractivity contribution in [3.63, 3.8) is 0 Å². The number of pyridine rings is 1. The minimum absolute atomic E-state index is 0.236. The summed E-state index contributed by atoms with van der Waals surface area (Å²) in [5, 5.41) is 6.27. The maximum absolute atomic E-state index is 6.65. The molecule has 4 aromatic rings. The van der Waals surface area contributed by atoms with Gasteiger partial charge in [-0.25, -0.2) is 0 Å². The molecule has 3 nitrogen and oxygen atoms in total. The van der Waals surface area contributed by atoms with Gasteiger partial charge in [0.2, 0.25) is 0 Å². The van der Waals surface area contributed by atoms with Crippen LogP contribution >= 0.6 is 35.4 Å². The Hall–Kier alpha value is -2.66. The van der Waals surface area contributed by atoms with Crippen LogP contribution in [0, 0.1) is 0 Å². The summed E-state index contributed by atoms with van der Waals surface area (Å²) in [6.07, 6.45) is 4.18. The summed E-state index contributed by atoms with van der Waals surface area (Å²) < 4.78 is 6.07. The number of halogens is 2. The molecule has 0 aliphatic heterocycles. The lowest BCUT2D eigenvalue weighted by Crippen LogP contribution is -2.13. The number of hydrogen-bond donors (Lipinski definition) is 1. The molecule has 0 atom stereocenters. The zero-order valence-electron chi connectivity index (χ0n) is 15.9. The van der Waals surface area contributed by atoms with E-state index in [-0.39, 0.29) is 6.61 Å². The van der Waals surface area contributed by atoms with E-state index in [1.54, 1.807) is 18.5 Å². The van der Waals surface area contributed by atoms with Gasteiger partial charge in [0.15, 0.2) is 0 Å². The molecule has 1 aromatic heterocycles. The minimum atomic E-state index is 0.236. The fourth-order valence-corrected chi connectivity index (χ4v) is 3.97.